The van der Waals surface area contributed by atoms with Crippen molar-refractivity contribution in [2.75, 3.05) is 14.2 Å². The minimum Gasteiger partial charge on any atom is -0.380 e. The standard InChI is InChI=1S/C15H20N2O3/c1-17-14(18)8-7-13(15(17)19)16-9-11-3-5-12(6-4-11)10-20-2/h3-6,13,16H,7-10H2,1-2H3. The molecule has 1 aliphatic heterocycles. The number of amides is 2. The van der Waals surface area contributed by atoms with Crippen LogP contribution >= 0.6 is 0 Å². The lowest BCUT2D eigenvalue weighted by Crippen LogP contribution is -2.51. The van der Waals surface area contributed by atoms with Crippen molar-refractivity contribution in [3.8, 4) is 0 Å². The van der Waals surface area contributed by atoms with Crippen molar-refractivity contribution in [2.24, 2.45) is 0 Å². The molecular formula is C15H20N2O3. The topological polar surface area (TPSA) is 58.6 Å². The van der Waals surface area contributed by atoms with Gasteiger partial charge in [-0.1, -0.05) is 24.3 Å². The average molecular weight is 276 g/mol. The summed E-state index contributed by atoms with van der Waals surface area (Å²) < 4.78 is 5.06. The van der Waals surface area contributed by atoms with Crippen LogP contribution in [0.5, 0.6) is 0 Å². The van der Waals surface area contributed by atoms with Gasteiger partial charge in [-0.05, 0) is 17.5 Å². The molecule has 1 fully saturated rings. The summed E-state index contributed by atoms with van der Waals surface area (Å²) in [7, 11) is 3.21. The van der Waals surface area contributed by atoms with Crippen LogP contribution in [-0.2, 0) is 27.5 Å². The SMILES string of the molecule is COCc1ccc(CNC2CCC(=O)N(C)C2=O)cc1. The quantitative estimate of drug-likeness (QED) is 0.817. The Hall–Kier alpha value is -1.72. The Kier molecular flexibility index (Phi) is 4.87. The molecule has 20 heavy (non-hydrogen) atoms. The number of carbonyl (C=O) groups is 2. The summed E-state index contributed by atoms with van der Waals surface area (Å²) in [6, 6.07) is 7.79. The summed E-state index contributed by atoms with van der Waals surface area (Å²) in [6.07, 6.45) is 0.996. The predicted molar refractivity (Wildman–Crippen MR) is 74.8 cm³/mol. The van der Waals surface area contributed by atoms with E-state index in [1.54, 1.807) is 7.11 Å². The number of imide groups is 1. The van der Waals surface area contributed by atoms with E-state index in [4.69, 9.17) is 4.74 Å². The van der Waals surface area contributed by atoms with Gasteiger partial charge in [0.15, 0.2) is 0 Å². The maximum absolute atomic E-state index is 11.9. The van der Waals surface area contributed by atoms with Gasteiger partial charge in [0.05, 0.1) is 12.6 Å². The van der Waals surface area contributed by atoms with Crippen LogP contribution in [0, 0.1) is 0 Å². The molecule has 2 amide bonds. The van der Waals surface area contributed by atoms with Gasteiger partial charge < -0.3 is 10.1 Å². The zero-order valence-electron chi connectivity index (χ0n) is 11.9. The smallest absolute Gasteiger partial charge is 0.246 e. The van der Waals surface area contributed by atoms with E-state index in [2.05, 4.69) is 5.32 Å². The number of ether oxygens (including phenoxy) is 1. The van der Waals surface area contributed by atoms with Crippen molar-refractivity contribution in [3.63, 3.8) is 0 Å². The fourth-order valence-corrected chi connectivity index (χ4v) is 2.27. The van der Waals surface area contributed by atoms with E-state index in [9.17, 15) is 9.59 Å². The lowest BCUT2D eigenvalue weighted by Gasteiger charge is -2.28. The first-order chi connectivity index (χ1) is 9.61. The molecule has 1 unspecified atom stereocenters. The fourth-order valence-electron chi connectivity index (χ4n) is 2.27. The summed E-state index contributed by atoms with van der Waals surface area (Å²) in [4.78, 5) is 24.5. The van der Waals surface area contributed by atoms with E-state index in [0.717, 1.165) is 11.1 Å². The normalized spacial score (nSPS) is 19.5. The minimum absolute atomic E-state index is 0.100. The molecule has 1 aromatic rings. The number of benzene rings is 1. The minimum atomic E-state index is -0.267. The van der Waals surface area contributed by atoms with Gasteiger partial charge in [-0.2, -0.15) is 0 Å². The number of hydrogen-bond donors (Lipinski definition) is 1. The van der Waals surface area contributed by atoms with Crippen LogP contribution in [0.3, 0.4) is 0 Å². The Bertz CT molecular complexity index is 484. The van der Waals surface area contributed by atoms with Gasteiger partial charge in [0.25, 0.3) is 0 Å². The first-order valence-corrected chi connectivity index (χ1v) is 6.72. The Balaban J connectivity index is 1.88. The maximum Gasteiger partial charge on any atom is 0.246 e. The summed E-state index contributed by atoms with van der Waals surface area (Å²) in [5, 5.41) is 3.22. The van der Waals surface area contributed by atoms with Crippen molar-refractivity contribution in [1.29, 1.82) is 0 Å². The number of nitrogens with zero attached hydrogens (tertiary/aromatic N) is 1. The molecule has 1 atom stereocenters. The van der Waals surface area contributed by atoms with E-state index in [0.29, 0.717) is 26.0 Å². The summed E-state index contributed by atoms with van der Waals surface area (Å²) >= 11 is 0. The number of rotatable bonds is 5. The van der Waals surface area contributed by atoms with E-state index in [-0.39, 0.29) is 17.9 Å². The highest BCUT2D eigenvalue weighted by molar-refractivity contribution is 6.00. The highest BCUT2D eigenvalue weighted by Gasteiger charge is 2.31. The molecule has 0 radical (unpaired) electrons. The highest BCUT2D eigenvalue weighted by Crippen LogP contribution is 2.12. The fraction of sp³-hybridized carbons (Fsp3) is 0.467. The van der Waals surface area contributed by atoms with Gasteiger partial charge >= 0.3 is 0 Å². The van der Waals surface area contributed by atoms with Gasteiger partial charge in [-0.15, -0.1) is 0 Å². The molecule has 0 bridgehead atoms. The molecule has 0 aliphatic carbocycles. The molecule has 5 nitrogen and oxygen atoms in total. The summed E-state index contributed by atoms with van der Waals surface area (Å²) in [5.74, 6) is -0.241. The van der Waals surface area contributed by atoms with Crippen LogP contribution in [0.15, 0.2) is 24.3 Å². The van der Waals surface area contributed by atoms with Crippen molar-refractivity contribution >= 4 is 11.8 Å². The number of piperidine rings is 1. The Morgan fingerprint density at radius 1 is 1.25 bits per heavy atom. The molecule has 1 N–H and O–H groups in total. The Labute approximate surface area is 118 Å². The first-order valence-electron chi connectivity index (χ1n) is 6.72. The second-order valence-electron chi connectivity index (χ2n) is 5.01. The molecule has 2 rings (SSSR count). The Morgan fingerprint density at radius 2 is 1.90 bits per heavy atom. The molecule has 1 aliphatic rings. The van der Waals surface area contributed by atoms with E-state index in [1.807, 2.05) is 24.3 Å². The second-order valence-corrected chi connectivity index (χ2v) is 5.01. The molecule has 1 aromatic carbocycles. The molecule has 1 heterocycles. The maximum atomic E-state index is 11.9. The average Bonchev–Trinajstić information content (AvgIpc) is 2.46. The van der Waals surface area contributed by atoms with E-state index < -0.39 is 0 Å². The third-order valence-electron chi connectivity index (χ3n) is 3.54. The predicted octanol–water partition coefficient (Wildman–Crippen LogP) is 1.07. The zero-order chi connectivity index (χ0) is 14.5. The van der Waals surface area contributed by atoms with Gasteiger partial charge in [0.1, 0.15) is 0 Å². The lowest BCUT2D eigenvalue weighted by molar-refractivity contribution is -0.148. The van der Waals surface area contributed by atoms with Crippen LogP contribution < -0.4 is 5.32 Å². The van der Waals surface area contributed by atoms with Crippen LogP contribution in [0.4, 0.5) is 0 Å². The lowest BCUT2D eigenvalue weighted by atomic mass is 10.0. The van der Waals surface area contributed by atoms with E-state index in [1.165, 1.54) is 11.9 Å². The van der Waals surface area contributed by atoms with Gasteiger partial charge in [-0.25, -0.2) is 0 Å². The second kappa shape index (κ2) is 6.63. The molecular weight excluding hydrogens is 256 g/mol. The third kappa shape index (κ3) is 3.43. The molecule has 1 saturated heterocycles. The molecule has 108 valence electrons. The number of carbonyl (C=O) groups excluding carboxylic acids is 2. The molecule has 0 spiro atoms. The van der Waals surface area contributed by atoms with Crippen molar-refractivity contribution in [2.45, 2.75) is 32.0 Å². The third-order valence-corrected chi connectivity index (χ3v) is 3.54. The molecule has 0 aromatic heterocycles. The van der Waals surface area contributed by atoms with Crippen LogP contribution in [0.25, 0.3) is 0 Å². The van der Waals surface area contributed by atoms with Crippen molar-refractivity contribution in [1.82, 2.24) is 10.2 Å². The summed E-state index contributed by atoms with van der Waals surface area (Å²) in [5.41, 5.74) is 2.23. The van der Waals surface area contributed by atoms with E-state index >= 15 is 0 Å². The number of nitrogens with one attached hydrogen (secondary N) is 1. The van der Waals surface area contributed by atoms with Crippen LogP contribution in [0.1, 0.15) is 24.0 Å². The Morgan fingerprint density at radius 3 is 2.55 bits per heavy atom. The monoisotopic (exact) mass is 276 g/mol. The van der Waals surface area contributed by atoms with Gasteiger partial charge in [-0.3, -0.25) is 14.5 Å². The summed E-state index contributed by atoms with van der Waals surface area (Å²) in [6.45, 7) is 1.22. The first kappa shape index (κ1) is 14.7. The number of likely N-dealkylation sites (tertiary alicyclic amines) is 1. The van der Waals surface area contributed by atoms with Gasteiger partial charge in [0.2, 0.25) is 11.8 Å². The number of methoxy groups -OCH3 is 1. The van der Waals surface area contributed by atoms with Gasteiger partial charge in [0, 0.05) is 27.1 Å². The molecule has 0 saturated carbocycles. The van der Waals surface area contributed by atoms with Crippen LogP contribution in [-0.4, -0.2) is 36.9 Å². The zero-order valence-corrected chi connectivity index (χ0v) is 11.9. The van der Waals surface area contributed by atoms with Crippen molar-refractivity contribution < 1.29 is 14.3 Å². The van der Waals surface area contributed by atoms with Crippen LogP contribution in [0.2, 0.25) is 0 Å². The largest absolute Gasteiger partial charge is 0.380 e. The highest BCUT2D eigenvalue weighted by atomic mass is 16.5. The number of likely N-dealkylation sites (N-methyl/N-ethyl adjacent to an activating group) is 1. The molecule has 5 heteroatoms. The number of hydrogen-bond acceptors (Lipinski definition) is 4. The van der Waals surface area contributed by atoms with Crippen molar-refractivity contribution in [3.05, 3.63) is 35.4 Å².